The number of nitrogens with one attached hydrogen (secondary N) is 1. The molecule has 0 aromatic heterocycles. The van der Waals surface area contributed by atoms with Gasteiger partial charge in [-0.2, -0.15) is 0 Å². The molecule has 3 aliphatic rings. The molecule has 0 saturated carbocycles. The molecule has 2 atom stereocenters. The number of imide groups is 1. The molecule has 15 heavy (non-hydrogen) atoms. The van der Waals surface area contributed by atoms with Crippen LogP contribution in [0, 0.1) is 11.3 Å². The van der Waals surface area contributed by atoms with E-state index in [1.165, 1.54) is 6.42 Å². The molecule has 3 fully saturated rings. The Kier molecular flexibility index (Phi) is 1.89. The van der Waals surface area contributed by atoms with Crippen LogP contribution in [-0.2, 0) is 9.59 Å². The Morgan fingerprint density at radius 1 is 1.20 bits per heavy atom. The number of carbonyl (C=O) groups is 2. The van der Waals surface area contributed by atoms with E-state index in [-0.39, 0.29) is 17.2 Å². The molecule has 1 N–H and O–H groups in total. The van der Waals surface area contributed by atoms with Crippen molar-refractivity contribution < 1.29 is 9.59 Å². The maximum atomic E-state index is 11.5. The summed E-state index contributed by atoms with van der Waals surface area (Å²) in [6, 6.07) is 0. The van der Waals surface area contributed by atoms with Crippen LogP contribution in [0.3, 0.4) is 0 Å². The van der Waals surface area contributed by atoms with Crippen LogP contribution in [0.1, 0.15) is 25.7 Å². The zero-order valence-electron chi connectivity index (χ0n) is 8.79. The molecule has 3 heterocycles. The van der Waals surface area contributed by atoms with E-state index in [1.54, 1.807) is 0 Å². The van der Waals surface area contributed by atoms with Crippen molar-refractivity contribution in [3.63, 3.8) is 0 Å². The Hall–Kier alpha value is -0.900. The average molecular weight is 208 g/mol. The van der Waals surface area contributed by atoms with Gasteiger partial charge in [0.2, 0.25) is 11.8 Å². The van der Waals surface area contributed by atoms with Crippen LogP contribution >= 0.6 is 0 Å². The van der Waals surface area contributed by atoms with Crippen LogP contribution in [0.25, 0.3) is 0 Å². The number of hydrogen-bond acceptors (Lipinski definition) is 3. The summed E-state index contributed by atoms with van der Waals surface area (Å²) in [5, 5.41) is 2.42. The van der Waals surface area contributed by atoms with Gasteiger partial charge in [0.25, 0.3) is 0 Å². The van der Waals surface area contributed by atoms with Gasteiger partial charge >= 0.3 is 0 Å². The van der Waals surface area contributed by atoms with E-state index >= 15 is 0 Å². The normalized spacial score (nSPS) is 38.1. The second kappa shape index (κ2) is 3.04. The van der Waals surface area contributed by atoms with E-state index in [4.69, 9.17) is 0 Å². The lowest BCUT2D eigenvalue weighted by atomic mass is 9.65. The van der Waals surface area contributed by atoms with Gasteiger partial charge in [-0.05, 0) is 37.3 Å². The average Bonchev–Trinajstić information content (AvgIpc) is 2.56. The van der Waals surface area contributed by atoms with Crippen LogP contribution < -0.4 is 5.32 Å². The minimum absolute atomic E-state index is 0.00637. The molecule has 3 aliphatic heterocycles. The summed E-state index contributed by atoms with van der Waals surface area (Å²) in [7, 11) is 0. The molecule has 0 aromatic rings. The first-order valence-electron chi connectivity index (χ1n) is 5.73. The van der Waals surface area contributed by atoms with Gasteiger partial charge in [0.05, 0.1) is 0 Å². The molecule has 0 radical (unpaired) electrons. The highest BCUT2D eigenvalue weighted by molar-refractivity contribution is 5.98. The third-order valence-corrected chi connectivity index (χ3v) is 4.37. The molecular weight excluding hydrogens is 192 g/mol. The fourth-order valence-electron chi connectivity index (χ4n) is 3.53. The molecule has 3 rings (SSSR count). The maximum Gasteiger partial charge on any atom is 0.227 e. The monoisotopic (exact) mass is 208 g/mol. The second-order valence-corrected chi connectivity index (χ2v) is 5.22. The smallest absolute Gasteiger partial charge is 0.227 e. The van der Waals surface area contributed by atoms with Crippen molar-refractivity contribution in [3.05, 3.63) is 0 Å². The van der Waals surface area contributed by atoms with Crippen molar-refractivity contribution in [2.24, 2.45) is 11.3 Å². The van der Waals surface area contributed by atoms with Crippen LogP contribution in [0.15, 0.2) is 0 Å². The quantitative estimate of drug-likeness (QED) is 0.576. The van der Waals surface area contributed by atoms with Gasteiger partial charge in [-0.15, -0.1) is 0 Å². The van der Waals surface area contributed by atoms with E-state index in [9.17, 15) is 9.59 Å². The number of nitrogens with zero attached hydrogens (tertiary/aromatic N) is 1. The highest BCUT2D eigenvalue weighted by Crippen LogP contribution is 2.48. The van der Waals surface area contributed by atoms with Gasteiger partial charge < -0.3 is 4.90 Å². The molecule has 4 heteroatoms. The highest BCUT2D eigenvalue weighted by Gasteiger charge is 2.50. The number of hydrogen-bond donors (Lipinski definition) is 1. The fourth-order valence-corrected chi connectivity index (χ4v) is 3.53. The van der Waals surface area contributed by atoms with Crippen molar-refractivity contribution in [1.82, 2.24) is 10.2 Å². The first-order valence-corrected chi connectivity index (χ1v) is 5.73. The summed E-state index contributed by atoms with van der Waals surface area (Å²) in [6.45, 7) is 3.32. The summed E-state index contributed by atoms with van der Waals surface area (Å²) in [6.07, 6.45) is 3.33. The minimum atomic E-state index is -0.0633. The molecular formula is C11H16N2O2. The Bertz CT molecular complexity index is 311. The Labute approximate surface area is 89.0 Å². The molecule has 2 amide bonds. The second-order valence-electron chi connectivity index (χ2n) is 5.22. The lowest BCUT2D eigenvalue weighted by Crippen LogP contribution is -2.51. The molecule has 4 nitrogen and oxygen atoms in total. The van der Waals surface area contributed by atoms with Crippen molar-refractivity contribution in [2.75, 3.05) is 19.6 Å². The molecule has 82 valence electrons. The van der Waals surface area contributed by atoms with Gasteiger partial charge in [0, 0.05) is 19.4 Å². The molecule has 0 aromatic carbocycles. The van der Waals surface area contributed by atoms with Crippen molar-refractivity contribution in [1.29, 1.82) is 0 Å². The Morgan fingerprint density at radius 3 is 2.67 bits per heavy atom. The Morgan fingerprint density at radius 2 is 1.93 bits per heavy atom. The van der Waals surface area contributed by atoms with Gasteiger partial charge in [0.15, 0.2) is 0 Å². The first kappa shape index (κ1) is 9.33. The van der Waals surface area contributed by atoms with Crippen molar-refractivity contribution >= 4 is 11.8 Å². The zero-order valence-corrected chi connectivity index (χ0v) is 8.79. The largest absolute Gasteiger partial charge is 0.303 e. The summed E-state index contributed by atoms with van der Waals surface area (Å²) in [4.78, 5) is 25.4. The van der Waals surface area contributed by atoms with Crippen LogP contribution in [0.4, 0.5) is 0 Å². The van der Waals surface area contributed by atoms with Gasteiger partial charge in [-0.25, -0.2) is 0 Å². The van der Waals surface area contributed by atoms with Gasteiger partial charge in [-0.1, -0.05) is 0 Å². The fraction of sp³-hybridized carbons (Fsp3) is 0.818. The third kappa shape index (κ3) is 1.39. The lowest BCUT2D eigenvalue weighted by molar-refractivity contribution is -0.141. The molecule has 1 spiro atoms. The summed E-state index contributed by atoms with van der Waals surface area (Å²) < 4.78 is 0. The number of fused-ring (bicyclic) bond motifs is 3. The first-order chi connectivity index (χ1) is 7.18. The SMILES string of the molecule is O=C1CC2(CCN3CCC2C3)CC(=O)N1. The summed E-state index contributed by atoms with van der Waals surface area (Å²) in [5.74, 6) is 0.444. The van der Waals surface area contributed by atoms with E-state index in [2.05, 4.69) is 10.2 Å². The van der Waals surface area contributed by atoms with Gasteiger partial charge in [-0.3, -0.25) is 14.9 Å². The van der Waals surface area contributed by atoms with Crippen molar-refractivity contribution in [2.45, 2.75) is 25.7 Å². The van der Waals surface area contributed by atoms with Crippen LogP contribution in [-0.4, -0.2) is 36.3 Å². The predicted octanol–water partition coefficient (Wildman–Crippen LogP) is 0.135. The minimum Gasteiger partial charge on any atom is -0.303 e. The summed E-state index contributed by atoms with van der Waals surface area (Å²) >= 11 is 0. The van der Waals surface area contributed by atoms with E-state index in [1.807, 2.05) is 0 Å². The number of piperidine rings is 2. The van der Waals surface area contributed by atoms with Crippen LogP contribution in [0.5, 0.6) is 0 Å². The Balaban J connectivity index is 1.88. The maximum absolute atomic E-state index is 11.5. The zero-order chi connectivity index (χ0) is 10.5. The van der Waals surface area contributed by atoms with E-state index < -0.39 is 0 Å². The number of rotatable bonds is 0. The van der Waals surface area contributed by atoms with Crippen molar-refractivity contribution in [3.8, 4) is 0 Å². The highest BCUT2D eigenvalue weighted by atomic mass is 16.2. The molecule has 3 saturated heterocycles. The summed E-state index contributed by atoms with van der Waals surface area (Å²) in [5.41, 5.74) is 0.00637. The van der Waals surface area contributed by atoms with E-state index in [0.29, 0.717) is 18.8 Å². The number of amides is 2. The van der Waals surface area contributed by atoms with Crippen LogP contribution in [0.2, 0.25) is 0 Å². The van der Waals surface area contributed by atoms with E-state index in [0.717, 1.165) is 26.1 Å². The molecule has 2 bridgehead atoms. The molecule has 0 aliphatic carbocycles. The number of carbonyl (C=O) groups excluding carboxylic acids is 2. The lowest BCUT2D eigenvalue weighted by Gasteiger charge is -2.44. The molecule has 2 unspecified atom stereocenters. The predicted molar refractivity (Wildman–Crippen MR) is 54.0 cm³/mol. The van der Waals surface area contributed by atoms with Gasteiger partial charge in [0.1, 0.15) is 0 Å². The standard InChI is InChI=1S/C11H16N2O2/c14-9-5-11(6-10(15)12-9)2-4-13-3-1-8(11)7-13/h8H,1-7H2,(H,12,14,15). The third-order valence-electron chi connectivity index (χ3n) is 4.37. The topological polar surface area (TPSA) is 49.4 Å².